The number of carbonyl (C=O) groups excluding carboxylic acids is 1. The van der Waals surface area contributed by atoms with Crippen LogP contribution in [0.3, 0.4) is 0 Å². The number of rotatable bonds is 1. The molecule has 3 nitrogen and oxygen atoms in total. The maximum Gasteiger partial charge on any atom is 0.255 e. The van der Waals surface area contributed by atoms with Crippen molar-refractivity contribution in [2.24, 2.45) is 0 Å². The van der Waals surface area contributed by atoms with E-state index in [1.54, 1.807) is 0 Å². The third kappa shape index (κ3) is 1.54. The zero-order chi connectivity index (χ0) is 12.0. The maximum absolute atomic E-state index is 12.2. The fourth-order valence-electron chi connectivity index (χ4n) is 2.39. The van der Waals surface area contributed by atoms with Gasteiger partial charge in [0.25, 0.3) is 5.91 Å². The van der Waals surface area contributed by atoms with Gasteiger partial charge in [0.1, 0.15) is 0 Å². The third-order valence-electron chi connectivity index (χ3n) is 3.67. The van der Waals surface area contributed by atoms with Crippen molar-refractivity contribution < 1.29 is 4.79 Å². The molecule has 0 spiro atoms. The number of aryl methyl sites for hydroxylation is 1. The van der Waals surface area contributed by atoms with Crippen LogP contribution in [-0.2, 0) is 0 Å². The van der Waals surface area contributed by atoms with Gasteiger partial charge in [-0.25, -0.2) is 0 Å². The molecule has 1 unspecified atom stereocenters. The van der Waals surface area contributed by atoms with Crippen LogP contribution in [0.25, 0.3) is 5.52 Å². The van der Waals surface area contributed by atoms with E-state index in [1.165, 1.54) is 5.56 Å². The summed E-state index contributed by atoms with van der Waals surface area (Å²) in [5.41, 5.74) is 3.11. The van der Waals surface area contributed by atoms with Crippen molar-refractivity contribution in [2.75, 3.05) is 6.54 Å². The molecule has 0 saturated carbocycles. The Labute approximate surface area is 101 Å². The molecule has 3 heterocycles. The minimum atomic E-state index is 0.159. The molecule has 0 aliphatic carbocycles. The van der Waals surface area contributed by atoms with Crippen molar-refractivity contribution in [3.05, 3.63) is 41.7 Å². The molecule has 3 heteroatoms. The lowest BCUT2D eigenvalue weighted by Gasteiger charge is -2.38. The Kier molecular flexibility index (Phi) is 2.21. The third-order valence-corrected chi connectivity index (χ3v) is 3.67. The van der Waals surface area contributed by atoms with Crippen LogP contribution in [0.4, 0.5) is 0 Å². The van der Waals surface area contributed by atoms with Crippen LogP contribution >= 0.6 is 0 Å². The van der Waals surface area contributed by atoms with E-state index < -0.39 is 0 Å². The second-order valence-electron chi connectivity index (χ2n) is 4.85. The molecule has 0 aromatic carbocycles. The van der Waals surface area contributed by atoms with Gasteiger partial charge in [0.15, 0.2) is 0 Å². The number of pyridine rings is 1. The monoisotopic (exact) mass is 228 g/mol. The van der Waals surface area contributed by atoms with Gasteiger partial charge in [-0.2, -0.15) is 0 Å². The van der Waals surface area contributed by atoms with Gasteiger partial charge in [0.05, 0.1) is 5.56 Å². The number of nitrogens with zero attached hydrogens (tertiary/aromatic N) is 2. The van der Waals surface area contributed by atoms with Gasteiger partial charge in [0.2, 0.25) is 0 Å². The van der Waals surface area contributed by atoms with Crippen molar-refractivity contribution in [1.29, 1.82) is 0 Å². The fraction of sp³-hybridized carbons (Fsp3) is 0.357. The van der Waals surface area contributed by atoms with Gasteiger partial charge >= 0.3 is 0 Å². The molecule has 1 atom stereocenters. The molecule has 0 bridgehead atoms. The Morgan fingerprint density at radius 2 is 2.29 bits per heavy atom. The molecule has 1 aliphatic rings. The Balaban J connectivity index is 2.01. The highest BCUT2D eigenvalue weighted by Gasteiger charge is 2.29. The van der Waals surface area contributed by atoms with E-state index in [2.05, 4.69) is 19.9 Å². The predicted molar refractivity (Wildman–Crippen MR) is 67.2 cm³/mol. The Hall–Kier alpha value is -1.77. The van der Waals surface area contributed by atoms with Crippen LogP contribution in [0, 0.1) is 6.92 Å². The largest absolute Gasteiger partial charge is 0.336 e. The molecule has 1 saturated heterocycles. The molecule has 1 amide bonds. The number of amides is 1. The van der Waals surface area contributed by atoms with Crippen molar-refractivity contribution >= 4 is 11.4 Å². The molecule has 3 rings (SSSR count). The Morgan fingerprint density at radius 3 is 2.88 bits per heavy atom. The summed E-state index contributed by atoms with van der Waals surface area (Å²) in [6.45, 7) is 5.06. The highest BCUT2D eigenvalue weighted by Crippen LogP contribution is 2.22. The first-order valence-electron chi connectivity index (χ1n) is 6.05. The average Bonchev–Trinajstić information content (AvgIpc) is 2.72. The number of hydrogen-bond acceptors (Lipinski definition) is 1. The first kappa shape index (κ1) is 10.4. The van der Waals surface area contributed by atoms with E-state index in [4.69, 9.17) is 0 Å². The zero-order valence-corrected chi connectivity index (χ0v) is 10.2. The van der Waals surface area contributed by atoms with Gasteiger partial charge in [0, 0.05) is 30.5 Å². The second-order valence-corrected chi connectivity index (χ2v) is 4.85. The van der Waals surface area contributed by atoms with Crippen molar-refractivity contribution in [3.8, 4) is 0 Å². The van der Waals surface area contributed by atoms with Crippen LogP contribution in [0.5, 0.6) is 0 Å². The van der Waals surface area contributed by atoms with Gasteiger partial charge in [-0.3, -0.25) is 4.79 Å². The molecular formula is C14H16N2O. The summed E-state index contributed by atoms with van der Waals surface area (Å²) in [4.78, 5) is 14.2. The zero-order valence-electron chi connectivity index (χ0n) is 10.2. The lowest BCUT2D eigenvalue weighted by Crippen LogP contribution is -2.49. The number of hydrogen-bond donors (Lipinski definition) is 0. The first-order valence-corrected chi connectivity index (χ1v) is 6.05. The van der Waals surface area contributed by atoms with Gasteiger partial charge in [-0.05, 0) is 38.0 Å². The summed E-state index contributed by atoms with van der Waals surface area (Å²) in [5.74, 6) is 0.159. The van der Waals surface area contributed by atoms with E-state index in [0.29, 0.717) is 6.04 Å². The van der Waals surface area contributed by atoms with Crippen LogP contribution < -0.4 is 0 Å². The van der Waals surface area contributed by atoms with E-state index >= 15 is 0 Å². The van der Waals surface area contributed by atoms with Gasteiger partial charge < -0.3 is 9.30 Å². The number of likely N-dealkylation sites (tertiary alicyclic amines) is 1. The molecule has 2 aromatic heterocycles. The fourth-order valence-corrected chi connectivity index (χ4v) is 2.39. The predicted octanol–water partition coefficient (Wildman–Crippen LogP) is 2.48. The molecule has 0 N–H and O–H groups in total. The van der Waals surface area contributed by atoms with E-state index in [9.17, 15) is 4.79 Å². The Morgan fingerprint density at radius 1 is 1.47 bits per heavy atom. The van der Waals surface area contributed by atoms with Crippen LogP contribution in [-0.4, -0.2) is 27.8 Å². The summed E-state index contributed by atoms with van der Waals surface area (Å²) >= 11 is 0. The highest BCUT2D eigenvalue weighted by atomic mass is 16.2. The second kappa shape index (κ2) is 3.62. The molecule has 2 aromatic rings. The summed E-state index contributed by atoms with van der Waals surface area (Å²) in [5, 5.41) is 0. The molecular weight excluding hydrogens is 212 g/mol. The van der Waals surface area contributed by atoms with Crippen LogP contribution in [0.15, 0.2) is 30.6 Å². The summed E-state index contributed by atoms with van der Waals surface area (Å²) in [6, 6.07) is 6.45. The first-order chi connectivity index (χ1) is 8.16. The molecule has 0 radical (unpaired) electrons. The standard InChI is InChI=1S/C14H16N2O/c1-10-4-3-6-15-9-12(8-13(10)15)14(17)16-7-5-11(16)2/h3-4,6,8-9,11H,5,7H2,1-2H3. The number of carbonyl (C=O) groups is 1. The lowest BCUT2D eigenvalue weighted by molar-refractivity contribution is 0.0502. The quantitative estimate of drug-likeness (QED) is 0.736. The van der Waals surface area contributed by atoms with Gasteiger partial charge in [-0.15, -0.1) is 0 Å². The SMILES string of the molecule is Cc1cccn2cc(C(=O)N3CCC3C)cc12. The van der Waals surface area contributed by atoms with Crippen molar-refractivity contribution in [3.63, 3.8) is 0 Å². The molecule has 17 heavy (non-hydrogen) atoms. The summed E-state index contributed by atoms with van der Waals surface area (Å²) in [6.07, 6.45) is 5.03. The smallest absolute Gasteiger partial charge is 0.255 e. The van der Waals surface area contributed by atoms with Crippen LogP contribution in [0.1, 0.15) is 29.3 Å². The summed E-state index contributed by atoms with van der Waals surface area (Å²) < 4.78 is 2.02. The van der Waals surface area contributed by atoms with Gasteiger partial charge in [-0.1, -0.05) is 6.07 Å². The average molecular weight is 228 g/mol. The normalized spacial score (nSPS) is 19.4. The Bertz CT molecular complexity index is 585. The maximum atomic E-state index is 12.2. The minimum Gasteiger partial charge on any atom is -0.336 e. The molecule has 1 fully saturated rings. The lowest BCUT2D eigenvalue weighted by atomic mass is 10.0. The highest BCUT2D eigenvalue weighted by molar-refractivity contribution is 5.96. The summed E-state index contributed by atoms with van der Waals surface area (Å²) in [7, 11) is 0. The van der Waals surface area contributed by atoms with E-state index in [-0.39, 0.29) is 5.91 Å². The molecule has 88 valence electrons. The van der Waals surface area contributed by atoms with Crippen molar-refractivity contribution in [2.45, 2.75) is 26.3 Å². The van der Waals surface area contributed by atoms with Crippen molar-refractivity contribution in [1.82, 2.24) is 9.30 Å². The number of aromatic nitrogens is 1. The molecule has 1 aliphatic heterocycles. The van der Waals surface area contributed by atoms with Crippen LogP contribution in [0.2, 0.25) is 0 Å². The minimum absolute atomic E-state index is 0.159. The van der Waals surface area contributed by atoms with E-state index in [1.807, 2.05) is 33.8 Å². The van der Waals surface area contributed by atoms with E-state index in [0.717, 1.165) is 24.0 Å². The topological polar surface area (TPSA) is 24.7 Å². The number of fused-ring (bicyclic) bond motifs is 1.